The second-order valence-electron chi connectivity index (χ2n) is 4.11. The predicted octanol–water partition coefficient (Wildman–Crippen LogP) is 2.75. The Balaban J connectivity index is 2.37. The number of nitrogens with two attached hydrogens (primary N) is 1. The van der Waals surface area contributed by atoms with Crippen molar-refractivity contribution in [1.29, 1.82) is 0 Å². The van der Waals surface area contributed by atoms with Crippen LogP contribution in [-0.4, -0.2) is 14.8 Å². The molecule has 2 N–H and O–H groups in total. The van der Waals surface area contributed by atoms with Crippen molar-refractivity contribution in [3.8, 4) is 5.82 Å². The molecule has 0 atom stereocenters. The maximum Gasteiger partial charge on any atom is 0.155 e. The Labute approximate surface area is 101 Å². The Kier molecular flexibility index (Phi) is 3.42. The molecule has 0 bridgehead atoms. The van der Waals surface area contributed by atoms with Crippen LogP contribution in [0, 0.1) is 0 Å². The van der Waals surface area contributed by atoms with Crippen molar-refractivity contribution in [3.63, 3.8) is 0 Å². The van der Waals surface area contributed by atoms with Crippen molar-refractivity contribution in [3.05, 3.63) is 36.2 Å². The van der Waals surface area contributed by atoms with Gasteiger partial charge >= 0.3 is 0 Å². The van der Waals surface area contributed by atoms with Crippen molar-refractivity contribution in [1.82, 2.24) is 14.8 Å². The molecule has 0 fully saturated rings. The zero-order valence-electron chi connectivity index (χ0n) is 10.3. The first-order valence-electron chi connectivity index (χ1n) is 6.03. The smallest absolute Gasteiger partial charge is 0.155 e. The first-order chi connectivity index (χ1) is 8.26. The molecule has 4 nitrogen and oxygen atoms in total. The summed E-state index contributed by atoms with van der Waals surface area (Å²) >= 11 is 0. The van der Waals surface area contributed by atoms with Crippen LogP contribution in [0.15, 0.2) is 30.5 Å². The molecule has 0 saturated heterocycles. The Bertz CT molecular complexity index is 471. The molecule has 2 rings (SSSR count). The Hall–Kier alpha value is -1.84. The average Bonchev–Trinajstić information content (AvgIpc) is 2.74. The van der Waals surface area contributed by atoms with Crippen LogP contribution in [0.2, 0.25) is 0 Å². The van der Waals surface area contributed by atoms with Crippen molar-refractivity contribution >= 4 is 5.82 Å². The lowest BCUT2D eigenvalue weighted by atomic mass is 10.00. The van der Waals surface area contributed by atoms with E-state index in [1.54, 1.807) is 10.9 Å². The van der Waals surface area contributed by atoms with Crippen molar-refractivity contribution in [2.75, 3.05) is 5.73 Å². The summed E-state index contributed by atoms with van der Waals surface area (Å²) in [7, 11) is 0. The Morgan fingerprint density at radius 1 is 1.29 bits per heavy atom. The highest BCUT2D eigenvalue weighted by molar-refractivity contribution is 5.39. The molecule has 0 unspecified atom stereocenters. The molecule has 0 radical (unpaired) electrons. The third-order valence-corrected chi connectivity index (χ3v) is 3.03. The highest BCUT2D eigenvalue weighted by atomic mass is 15.3. The Morgan fingerprint density at radius 2 is 2.06 bits per heavy atom. The van der Waals surface area contributed by atoms with Crippen molar-refractivity contribution < 1.29 is 0 Å². The van der Waals surface area contributed by atoms with E-state index >= 15 is 0 Å². The lowest BCUT2D eigenvalue weighted by Gasteiger charge is -2.07. The number of rotatable bonds is 4. The number of nitrogens with zero attached hydrogens (tertiary/aromatic N) is 3. The quantitative estimate of drug-likeness (QED) is 0.878. The van der Waals surface area contributed by atoms with Crippen LogP contribution in [0.1, 0.15) is 38.3 Å². The summed E-state index contributed by atoms with van der Waals surface area (Å²) in [6.45, 7) is 4.34. The van der Waals surface area contributed by atoms with Gasteiger partial charge in [0.25, 0.3) is 0 Å². The number of aromatic nitrogens is 3. The minimum atomic E-state index is 0.474. The molecule has 0 spiro atoms. The largest absolute Gasteiger partial charge is 0.384 e. The Morgan fingerprint density at radius 3 is 2.65 bits per heavy atom. The summed E-state index contributed by atoms with van der Waals surface area (Å²) in [5, 5.41) is 4.55. The molecule has 2 heterocycles. The van der Waals surface area contributed by atoms with Crippen LogP contribution in [0.25, 0.3) is 5.82 Å². The molecule has 4 heteroatoms. The molecule has 0 aromatic carbocycles. The van der Waals surface area contributed by atoms with Gasteiger partial charge in [0.1, 0.15) is 5.82 Å². The first-order valence-corrected chi connectivity index (χ1v) is 6.03. The third kappa shape index (κ3) is 2.30. The molecular formula is C13H18N4. The van der Waals surface area contributed by atoms with Gasteiger partial charge in [0, 0.05) is 18.2 Å². The summed E-state index contributed by atoms with van der Waals surface area (Å²) in [5.41, 5.74) is 7.03. The normalized spacial score (nSPS) is 11.0. The fraction of sp³-hybridized carbons (Fsp3) is 0.385. The van der Waals surface area contributed by atoms with Gasteiger partial charge in [-0.2, -0.15) is 9.78 Å². The zero-order valence-corrected chi connectivity index (χ0v) is 10.3. The highest BCUT2D eigenvalue weighted by Crippen LogP contribution is 2.24. The van der Waals surface area contributed by atoms with E-state index in [9.17, 15) is 0 Å². The summed E-state index contributed by atoms with van der Waals surface area (Å²) in [4.78, 5) is 4.25. The van der Waals surface area contributed by atoms with E-state index in [1.165, 1.54) is 0 Å². The minimum Gasteiger partial charge on any atom is -0.384 e. The molecule has 2 aromatic heterocycles. The molecule has 0 aliphatic rings. The lowest BCUT2D eigenvalue weighted by molar-refractivity contribution is 0.612. The molecular weight excluding hydrogens is 212 g/mol. The lowest BCUT2D eigenvalue weighted by Crippen LogP contribution is -2.04. The van der Waals surface area contributed by atoms with Gasteiger partial charge in [-0.3, -0.25) is 0 Å². The zero-order chi connectivity index (χ0) is 12.3. The van der Waals surface area contributed by atoms with Gasteiger partial charge in [0.05, 0.1) is 5.69 Å². The fourth-order valence-corrected chi connectivity index (χ4v) is 1.98. The molecule has 17 heavy (non-hydrogen) atoms. The summed E-state index contributed by atoms with van der Waals surface area (Å²) in [6, 6.07) is 7.66. The van der Waals surface area contributed by atoms with E-state index in [0.717, 1.165) is 24.4 Å². The number of pyridine rings is 1. The fourth-order valence-electron chi connectivity index (χ4n) is 1.98. The predicted molar refractivity (Wildman–Crippen MR) is 69.1 cm³/mol. The van der Waals surface area contributed by atoms with Crippen LogP contribution < -0.4 is 5.73 Å². The van der Waals surface area contributed by atoms with E-state index in [0.29, 0.717) is 11.7 Å². The average molecular weight is 230 g/mol. The molecule has 0 saturated carbocycles. The summed E-state index contributed by atoms with van der Waals surface area (Å²) < 4.78 is 1.70. The van der Waals surface area contributed by atoms with E-state index < -0.39 is 0 Å². The van der Waals surface area contributed by atoms with Gasteiger partial charge in [-0.1, -0.05) is 19.9 Å². The van der Waals surface area contributed by atoms with Crippen LogP contribution >= 0.6 is 0 Å². The second-order valence-corrected chi connectivity index (χ2v) is 4.11. The number of nitrogen functional groups attached to an aromatic ring is 1. The van der Waals surface area contributed by atoms with Gasteiger partial charge in [-0.25, -0.2) is 4.98 Å². The van der Waals surface area contributed by atoms with E-state index in [1.807, 2.05) is 24.3 Å². The molecule has 2 aromatic rings. The van der Waals surface area contributed by atoms with Crippen molar-refractivity contribution in [2.45, 2.75) is 32.6 Å². The van der Waals surface area contributed by atoms with Gasteiger partial charge in [0.15, 0.2) is 5.82 Å². The molecule has 0 aliphatic carbocycles. The van der Waals surface area contributed by atoms with E-state index in [4.69, 9.17) is 5.73 Å². The van der Waals surface area contributed by atoms with Crippen LogP contribution in [0.3, 0.4) is 0 Å². The maximum atomic E-state index is 5.98. The van der Waals surface area contributed by atoms with Gasteiger partial charge in [-0.05, 0) is 25.0 Å². The summed E-state index contributed by atoms with van der Waals surface area (Å²) in [5.74, 6) is 1.88. The van der Waals surface area contributed by atoms with Crippen LogP contribution in [0.4, 0.5) is 5.82 Å². The number of hydrogen-bond donors (Lipinski definition) is 1. The summed E-state index contributed by atoms with van der Waals surface area (Å²) in [6.07, 6.45) is 3.90. The van der Waals surface area contributed by atoms with Crippen molar-refractivity contribution in [2.24, 2.45) is 0 Å². The second kappa shape index (κ2) is 4.99. The van der Waals surface area contributed by atoms with Gasteiger partial charge < -0.3 is 5.73 Å². The van der Waals surface area contributed by atoms with Gasteiger partial charge in [0.2, 0.25) is 0 Å². The standard InChI is InChI=1S/C13H18N4/c1-3-10(4-2)11-9-12(14)17(16-11)13-7-5-6-8-15-13/h5-10H,3-4,14H2,1-2H3. The third-order valence-electron chi connectivity index (χ3n) is 3.03. The topological polar surface area (TPSA) is 56.7 Å². The SMILES string of the molecule is CCC(CC)c1cc(N)n(-c2ccccn2)n1. The minimum absolute atomic E-state index is 0.474. The van der Waals surface area contributed by atoms with E-state index in [2.05, 4.69) is 23.9 Å². The van der Waals surface area contributed by atoms with Gasteiger partial charge in [-0.15, -0.1) is 0 Å². The highest BCUT2D eigenvalue weighted by Gasteiger charge is 2.14. The number of hydrogen-bond acceptors (Lipinski definition) is 3. The van der Waals surface area contributed by atoms with Crippen LogP contribution in [-0.2, 0) is 0 Å². The molecule has 90 valence electrons. The monoisotopic (exact) mass is 230 g/mol. The molecule has 0 amide bonds. The number of anilines is 1. The first kappa shape index (κ1) is 11.6. The molecule has 0 aliphatic heterocycles. The van der Waals surface area contributed by atoms with Crippen LogP contribution in [0.5, 0.6) is 0 Å². The maximum absolute atomic E-state index is 5.98. The van der Waals surface area contributed by atoms with E-state index in [-0.39, 0.29) is 0 Å².